The molecule has 0 amide bonds. The molecule has 0 unspecified atom stereocenters. The van der Waals surface area contributed by atoms with Gasteiger partial charge in [-0.1, -0.05) is 30.0 Å². The fourth-order valence-corrected chi connectivity index (χ4v) is 3.08. The zero-order valence-corrected chi connectivity index (χ0v) is 10.9. The molecule has 0 aliphatic rings. The molecule has 4 heteroatoms. The molecule has 0 aliphatic carbocycles. The Hall–Kier alpha value is -1.39. The topological polar surface area (TPSA) is 25.8 Å². The van der Waals surface area contributed by atoms with Crippen molar-refractivity contribution in [1.29, 1.82) is 0 Å². The molecule has 0 aliphatic heterocycles. The fraction of sp³-hybridized carbons (Fsp3) is 0.0769. The zero-order valence-electron chi connectivity index (χ0n) is 9.25. The van der Waals surface area contributed by atoms with Crippen LogP contribution in [0, 0.1) is 6.92 Å². The molecular weight excluding hydrogens is 248 g/mol. The van der Waals surface area contributed by atoms with Crippen molar-refractivity contribution >= 4 is 34.5 Å². The third-order valence-corrected chi connectivity index (χ3v) is 4.27. The molecule has 0 bridgehead atoms. The molecule has 0 N–H and O–H groups in total. The van der Waals surface area contributed by atoms with Gasteiger partial charge in [-0.15, -0.1) is 0 Å². The standard InChI is InChI=1S/C13H10N2S2/c1-9-4-2-3-5-13(9)16-10-6-7-11-12(8-10)15-17-14-11/h2-8H,1H3. The summed E-state index contributed by atoms with van der Waals surface area (Å²) in [7, 11) is 0. The Kier molecular flexibility index (Phi) is 2.82. The van der Waals surface area contributed by atoms with Gasteiger partial charge in [-0.25, -0.2) is 0 Å². The molecule has 17 heavy (non-hydrogen) atoms. The second-order valence-electron chi connectivity index (χ2n) is 3.78. The summed E-state index contributed by atoms with van der Waals surface area (Å²) in [6.07, 6.45) is 0. The SMILES string of the molecule is Cc1ccccc1Sc1ccc2nsnc2c1. The average molecular weight is 258 g/mol. The van der Waals surface area contributed by atoms with Crippen LogP contribution in [0.15, 0.2) is 52.3 Å². The van der Waals surface area contributed by atoms with Crippen molar-refractivity contribution in [3.05, 3.63) is 48.0 Å². The van der Waals surface area contributed by atoms with E-state index in [1.165, 1.54) is 27.1 Å². The molecule has 0 radical (unpaired) electrons. The molecule has 0 atom stereocenters. The van der Waals surface area contributed by atoms with Crippen molar-refractivity contribution in [3.8, 4) is 0 Å². The maximum absolute atomic E-state index is 4.26. The van der Waals surface area contributed by atoms with Gasteiger partial charge in [0.15, 0.2) is 0 Å². The lowest BCUT2D eigenvalue weighted by Gasteiger charge is -2.04. The molecule has 2 nitrogen and oxygen atoms in total. The van der Waals surface area contributed by atoms with E-state index in [9.17, 15) is 0 Å². The Morgan fingerprint density at radius 1 is 1.00 bits per heavy atom. The summed E-state index contributed by atoms with van der Waals surface area (Å²) in [5.41, 5.74) is 3.26. The van der Waals surface area contributed by atoms with Crippen molar-refractivity contribution in [1.82, 2.24) is 8.75 Å². The average Bonchev–Trinajstić information content (AvgIpc) is 2.79. The first-order chi connectivity index (χ1) is 8.33. The van der Waals surface area contributed by atoms with Gasteiger partial charge in [0.2, 0.25) is 0 Å². The summed E-state index contributed by atoms with van der Waals surface area (Å²) in [6.45, 7) is 2.13. The van der Waals surface area contributed by atoms with E-state index in [4.69, 9.17) is 0 Å². The van der Waals surface area contributed by atoms with Crippen LogP contribution in [0.5, 0.6) is 0 Å². The number of aromatic nitrogens is 2. The van der Waals surface area contributed by atoms with Gasteiger partial charge in [0.05, 0.1) is 11.7 Å². The quantitative estimate of drug-likeness (QED) is 0.690. The van der Waals surface area contributed by atoms with Crippen LogP contribution in [0.1, 0.15) is 5.56 Å². The molecule has 3 rings (SSSR count). The minimum Gasteiger partial charge on any atom is -0.173 e. The number of aryl methyl sites for hydroxylation is 1. The smallest absolute Gasteiger partial charge is 0.105 e. The van der Waals surface area contributed by atoms with E-state index >= 15 is 0 Å². The van der Waals surface area contributed by atoms with Crippen LogP contribution in [-0.2, 0) is 0 Å². The fourth-order valence-electron chi connectivity index (χ4n) is 1.62. The number of fused-ring (bicyclic) bond motifs is 1. The van der Waals surface area contributed by atoms with Crippen LogP contribution in [0.3, 0.4) is 0 Å². The predicted molar refractivity (Wildman–Crippen MR) is 72.7 cm³/mol. The largest absolute Gasteiger partial charge is 0.173 e. The Balaban J connectivity index is 1.97. The van der Waals surface area contributed by atoms with Gasteiger partial charge in [-0.05, 0) is 36.8 Å². The second kappa shape index (κ2) is 4.47. The molecule has 3 aromatic rings. The van der Waals surface area contributed by atoms with Crippen molar-refractivity contribution < 1.29 is 0 Å². The molecule has 0 fully saturated rings. The second-order valence-corrected chi connectivity index (χ2v) is 5.43. The molecule has 0 saturated heterocycles. The van der Waals surface area contributed by atoms with Gasteiger partial charge in [0, 0.05) is 9.79 Å². The van der Waals surface area contributed by atoms with E-state index in [-0.39, 0.29) is 0 Å². The summed E-state index contributed by atoms with van der Waals surface area (Å²) < 4.78 is 8.47. The Morgan fingerprint density at radius 3 is 2.71 bits per heavy atom. The molecule has 2 aromatic carbocycles. The van der Waals surface area contributed by atoms with E-state index < -0.39 is 0 Å². The van der Waals surface area contributed by atoms with E-state index in [1.54, 1.807) is 11.8 Å². The van der Waals surface area contributed by atoms with Crippen molar-refractivity contribution in [2.45, 2.75) is 16.7 Å². The predicted octanol–water partition coefficient (Wildman–Crippen LogP) is 4.15. The first-order valence-corrected chi connectivity index (χ1v) is 6.83. The van der Waals surface area contributed by atoms with Crippen LogP contribution < -0.4 is 0 Å². The maximum atomic E-state index is 4.26. The highest BCUT2D eigenvalue weighted by molar-refractivity contribution is 7.99. The molecule has 0 spiro atoms. The molecular formula is C13H10N2S2. The van der Waals surface area contributed by atoms with Crippen LogP contribution in [-0.4, -0.2) is 8.75 Å². The molecule has 84 valence electrons. The summed E-state index contributed by atoms with van der Waals surface area (Å²) in [4.78, 5) is 2.49. The van der Waals surface area contributed by atoms with Gasteiger partial charge < -0.3 is 0 Å². The summed E-state index contributed by atoms with van der Waals surface area (Å²) in [5, 5.41) is 0. The Labute approximate surface area is 108 Å². The monoisotopic (exact) mass is 258 g/mol. The van der Waals surface area contributed by atoms with Crippen LogP contribution in [0.2, 0.25) is 0 Å². The normalized spacial score (nSPS) is 10.9. The lowest BCUT2D eigenvalue weighted by atomic mass is 10.2. The van der Waals surface area contributed by atoms with Gasteiger partial charge in [-0.2, -0.15) is 8.75 Å². The number of benzene rings is 2. The number of hydrogen-bond acceptors (Lipinski definition) is 4. The Morgan fingerprint density at radius 2 is 1.82 bits per heavy atom. The van der Waals surface area contributed by atoms with Gasteiger partial charge >= 0.3 is 0 Å². The number of rotatable bonds is 2. The van der Waals surface area contributed by atoms with Gasteiger partial charge in [0.1, 0.15) is 11.0 Å². The minimum absolute atomic E-state index is 0.976. The summed E-state index contributed by atoms with van der Waals surface area (Å²) >= 11 is 3.03. The van der Waals surface area contributed by atoms with E-state index in [1.807, 2.05) is 6.07 Å². The molecule has 0 saturated carbocycles. The van der Waals surface area contributed by atoms with Crippen LogP contribution in [0.25, 0.3) is 11.0 Å². The summed E-state index contributed by atoms with van der Waals surface area (Å²) in [5.74, 6) is 0. The van der Waals surface area contributed by atoms with E-state index in [2.05, 4.69) is 52.1 Å². The summed E-state index contributed by atoms with van der Waals surface area (Å²) in [6, 6.07) is 14.6. The van der Waals surface area contributed by atoms with E-state index in [0.29, 0.717) is 0 Å². The maximum Gasteiger partial charge on any atom is 0.105 e. The van der Waals surface area contributed by atoms with Gasteiger partial charge in [0.25, 0.3) is 0 Å². The number of nitrogens with zero attached hydrogens (tertiary/aromatic N) is 2. The van der Waals surface area contributed by atoms with E-state index in [0.717, 1.165) is 11.0 Å². The highest BCUT2D eigenvalue weighted by Gasteiger charge is 2.03. The van der Waals surface area contributed by atoms with Crippen molar-refractivity contribution in [2.75, 3.05) is 0 Å². The third-order valence-electron chi connectivity index (χ3n) is 2.55. The van der Waals surface area contributed by atoms with Crippen molar-refractivity contribution in [2.24, 2.45) is 0 Å². The third kappa shape index (κ3) is 2.18. The molecule has 1 aromatic heterocycles. The first kappa shape index (κ1) is 10.7. The lowest BCUT2D eigenvalue weighted by Crippen LogP contribution is -1.79. The Bertz CT molecular complexity index is 661. The number of hydrogen-bond donors (Lipinski definition) is 0. The van der Waals surface area contributed by atoms with Gasteiger partial charge in [-0.3, -0.25) is 0 Å². The van der Waals surface area contributed by atoms with Crippen LogP contribution >= 0.6 is 23.5 Å². The highest BCUT2D eigenvalue weighted by atomic mass is 32.2. The van der Waals surface area contributed by atoms with Crippen LogP contribution in [0.4, 0.5) is 0 Å². The minimum atomic E-state index is 0.976. The lowest BCUT2D eigenvalue weighted by molar-refractivity contribution is 1.29. The zero-order chi connectivity index (χ0) is 11.7. The highest BCUT2D eigenvalue weighted by Crippen LogP contribution is 2.31. The first-order valence-electron chi connectivity index (χ1n) is 5.29. The molecule has 1 heterocycles. The van der Waals surface area contributed by atoms with Crippen molar-refractivity contribution in [3.63, 3.8) is 0 Å².